The first-order valence-corrected chi connectivity index (χ1v) is 7.36. The first-order chi connectivity index (χ1) is 10.3. The average Bonchev–Trinajstić information content (AvgIpc) is 2.54. The number of urea groups is 1. The van der Waals surface area contributed by atoms with Gasteiger partial charge in [-0.05, 0) is 30.9 Å². The van der Waals surface area contributed by atoms with Crippen LogP contribution in [0.2, 0.25) is 0 Å². The summed E-state index contributed by atoms with van der Waals surface area (Å²) in [5, 5.41) is 2.84. The third-order valence-electron chi connectivity index (χ3n) is 3.64. The molecule has 0 saturated carbocycles. The van der Waals surface area contributed by atoms with Crippen LogP contribution in [0.25, 0.3) is 0 Å². The molecule has 2 amide bonds. The standard InChI is InChI=1S/C15H20N2O4/c18-15(17-21-14-7-3-4-8-19-14)16-12-9-11-5-1-2-6-13(11)20-10-12/h1-2,5-6,12,14H,3-4,7-10H2,(H2,16,17,18)/t12-,14+/m0/s1. The number of fused-ring (bicyclic) bond motifs is 1. The van der Waals surface area contributed by atoms with E-state index in [0.717, 1.165) is 37.0 Å². The van der Waals surface area contributed by atoms with Crippen molar-refractivity contribution in [2.45, 2.75) is 38.0 Å². The predicted octanol–water partition coefficient (Wildman–Crippen LogP) is 1.75. The van der Waals surface area contributed by atoms with Crippen molar-refractivity contribution in [3.63, 3.8) is 0 Å². The minimum absolute atomic E-state index is 0.0595. The van der Waals surface area contributed by atoms with Gasteiger partial charge in [0.1, 0.15) is 12.4 Å². The number of carbonyl (C=O) groups is 1. The zero-order chi connectivity index (χ0) is 14.5. The Morgan fingerprint density at radius 3 is 3.05 bits per heavy atom. The van der Waals surface area contributed by atoms with E-state index in [9.17, 15) is 4.79 Å². The molecule has 2 aliphatic heterocycles. The number of nitrogens with one attached hydrogen (secondary N) is 2. The predicted molar refractivity (Wildman–Crippen MR) is 75.8 cm³/mol. The molecule has 3 rings (SSSR count). The monoisotopic (exact) mass is 292 g/mol. The Kier molecular flexibility index (Phi) is 4.57. The summed E-state index contributed by atoms with van der Waals surface area (Å²) in [5.74, 6) is 0.891. The van der Waals surface area contributed by atoms with Gasteiger partial charge in [-0.3, -0.25) is 0 Å². The van der Waals surface area contributed by atoms with Crippen molar-refractivity contribution >= 4 is 6.03 Å². The number of amides is 2. The van der Waals surface area contributed by atoms with Crippen LogP contribution in [-0.4, -0.2) is 31.6 Å². The lowest BCUT2D eigenvalue weighted by molar-refractivity contribution is -0.186. The highest BCUT2D eigenvalue weighted by Crippen LogP contribution is 2.23. The third-order valence-corrected chi connectivity index (χ3v) is 3.64. The van der Waals surface area contributed by atoms with Crippen LogP contribution in [-0.2, 0) is 16.0 Å². The van der Waals surface area contributed by atoms with E-state index in [4.69, 9.17) is 14.3 Å². The summed E-state index contributed by atoms with van der Waals surface area (Å²) in [7, 11) is 0. The van der Waals surface area contributed by atoms with Gasteiger partial charge in [-0.25, -0.2) is 15.1 Å². The molecule has 2 heterocycles. The number of hydrogen-bond donors (Lipinski definition) is 2. The Morgan fingerprint density at radius 2 is 2.19 bits per heavy atom. The number of hydroxylamine groups is 1. The van der Waals surface area contributed by atoms with E-state index in [0.29, 0.717) is 13.2 Å². The van der Waals surface area contributed by atoms with Crippen LogP contribution in [0.15, 0.2) is 24.3 Å². The van der Waals surface area contributed by atoms with Crippen LogP contribution >= 0.6 is 0 Å². The van der Waals surface area contributed by atoms with Crippen molar-refractivity contribution in [2.24, 2.45) is 0 Å². The molecule has 0 bridgehead atoms. The summed E-state index contributed by atoms with van der Waals surface area (Å²) in [5.41, 5.74) is 3.50. The molecule has 1 fully saturated rings. The first kappa shape index (κ1) is 14.2. The molecule has 114 valence electrons. The minimum Gasteiger partial charge on any atom is -0.491 e. The van der Waals surface area contributed by atoms with Crippen LogP contribution in [0.4, 0.5) is 4.79 Å². The molecular formula is C15H20N2O4. The number of hydrogen-bond acceptors (Lipinski definition) is 4. The van der Waals surface area contributed by atoms with Gasteiger partial charge in [0.05, 0.1) is 6.04 Å². The highest BCUT2D eigenvalue weighted by atomic mass is 16.8. The van der Waals surface area contributed by atoms with Gasteiger partial charge in [0.15, 0.2) is 6.29 Å². The van der Waals surface area contributed by atoms with Gasteiger partial charge in [0.25, 0.3) is 0 Å². The van der Waals surface area contributed by atoms with E-state index < -0.39 is 0 Å². The molecule has 21 heavy (non-hydrogen) atoms. The quantitative estimate of drug-likeness (QED) is 0.833. The maximum absolute atomic E-state index is 11.8. The van der Waals surface area contributed by atoms with E-state index in [1.54, 1.807) is 0 Å². The summed E-state index contributed by atoms with van der Waals surface area (Å²) in [6, 6.07) is 7.43. The van der Waals surface area contributed by atoms with Crippen molar-refractivity contribution in [3.05, 3.63) is 29.8 Å². The smallest absolute Gasteiger partial charge is 0.339 e. The molecule has 1 aromatic rings. The molecule has 0 aromatic heterocycles. The van der Waals surface area contributed by atoms with Gasteiger partial charge >= 0.3 is 6.03 Å². The summed E-state index contributed by atoms with van der Waals surface area (Å²) in [6.07, 6.45) is 3.32. The van der Waals surface area contributed by atoms with E-state index in [-0.39, 0.29) is 18.4 Å². The fraction of sp³-hybridized carbons (Fsp3) is 0.533. The van der Waals surface area contributed by atoms with Crippen molar-refractivity contribution in [2.75, 3.05) is 13.2 Å². The van der Waals surface area contributed by atoms with E-state index in [1.165, 1.54) is 0 Å². The van der Waals surface area contributed by atoms with Crippen molar-refractivity contribution in [1.82, 2.24) is 10.8 Å². The third kappa shape index (κ3) is 3.86. The van der Waals surface area contributed by atoms with Gasteiger partial charge in [0, 0.05) is 13.0 Å². The molecule has 0 unspecified atom stereocenters. The fourth-order valence-corrected chi connectivity index (χ4v) is 2.56. The van der Waals surface area contributed by atoms with Gasteiger partial charge < -0.3 is 14.8 Å². The normalized spacial score (nSPS) is 24.6. The molecule has 0 aliphatic carbocycles. The van der Waals surface area contributed by atoms with Crippen LogP contribution < -0.4 is 15.5 Å². The number of rotatable bonds is 3. The lowest BCUT2D eigenvalue weighted by atomic mass is 10.0. The molecule has 0 spiro atoms. The molecule has 2 N–H and O–H groups in total. The van der Waals surface area contributed by atoms with Crippen LogP contribution in [0.5, 0.6) is 5.75 Å². The molecule has 6 nitrogen and oxygen atoms in total. The minimum atomic E-state index is -0.364. The molecular weight excluding hydrogens is 272 g/mol. The summed E-state index contributed by atoms with van der Waals surface area (Å²) < 4.78 is 11.0. The SMILES string of the molecule is O=C(NO[C@@H]1CCCCO1)N[C@@H]1COc2ccccc2C1. The van der Waals surface area contributed by atoms with Crippen molar-refractivity contribution < 1.29 is 19.1 Å². The van der Waals surface area contributed by atoms with Gasteiger partial charge in [-0.1, -0.05) is 18.2 Å². The Balaban J connectivity index is 1.43. The highest BCUT2D eigenvalue weighted by molar-refractivity contribution is 5.73. The first-order valence-electron chi connectivity index (χ1n) is 7.36. The van der Waals surface area contributed by atoms with Gasteiger partial charge in [-0.2, -0.15) is 0 Å². The number of ether oxygens (including phenoxy) is 2. The Bertz CT molecular complexity index is 488. The molecule has 6 heteroatoms. The fourth-order valence-electron chi connectivity index (χ4n) is 2.56. The number of para-hydroxylation sites is 1. The maximum atomic E-state index is 11.8. The maximum Gasteiger partial charge on any atom is 0.339 e. The van der Waals surface area contributed by atoms with Gasteiger partial charge in [0.2, 0.25) is 0 Å². The second-order valence-electron chi connectivity index (χ2n) is 5.31. The Labute approximate surface area is 123 Å². The van der Waals surface area contributed by atoms with Gasteiger partial charge in [-0.15, -0.1) is 0 Å². The Morgan fingerprint density at radius 1 is 1.29 bits per heavy atom. The van der Waals surface area contributed by atoms with Crippen LogP contribution in [0.3, 0.4) is 0 Å². The van der Waals surface area contributed by atoms with E-state index in [1.807, 2.05) is 24.3 Å². The lowest BCUT2D eigenvalue weighted by Crippen LogP contribution is -2.48. The number of benzene rings is 1. The van der Waals surface area contributed by atoms with Crippen molar-refractivity contribution in [3.8, 4) is 5.75 Å². The zero-order valence-electron chi connectivity index (χ0n) is 11.8. The summed E-state index contributed by atoms with van der Waals surface area (Å²) in [4.78, 5) is 17.0. The molecule has 2 atom stereocenters. The summed E-state index contributed by atoms with van der Waals surface area (Å²) >= 11 is 0. The second kappa shape index (κ2) is 6.78. The largest absolute Gasteiger partial charge is 0.491 e. The van der Waals surface area contributed by atoms with Crippen molar-refractivity contribution in [1.29, 1.82) is 0 Å². The van der Waals surface area contributed by atoms with Crippen LogP contribution in [0, 0.1) is 0 Å². The molecule has 0 radical (unpaired) electrons. The number of carbonyl (C=O) groups excluding carboxylic acids is 1. The second-order valence-corrected chi connectivity index (χ2v) is 5.31. The average molecular weight is 292 g/mol. The summed E-state index contributed by atoms with van der Waals surface area (Å²) in [6.45, 7) is 1.14. The van der Waals surface area contributed by atoms with E-state index >= 15 is 0 Å². The van der Waals surface area contributed by atoms with Crippen LogP contribution in [0.1, 0.15) is 24.8 Å². The molecule has 1 saturated heterocycles. The zero-order valence-corrected chi connectivity index (χ0v) is 11.8. The lowest BCUT2D eigenvalue weighted by Gasteiger charge is -2.27. The topological polar surface area (TPSA) is 68.8 Å². The van der Waals surface area contributed by atoms with E-state index in [2.05, 4.69) is 10.8 Å². The Hall–Kier alpha value is -1.79. The molecule has 2 aliphatic rings. The highest BCUT2D eigenvalue weighted by Gasteiger charge is 2.22. The molecule has 1 aromatic carbocycles.